The van der Waals surface area contributed by atoms with Gasteiger partial charge in [0.25, 0.3) is 0 Å². The Bertz CT molecular complexity index is 603. The minimum atomic E-state index is -0.484. The molecule has 0 saturated heterocycles. The maximum atomic E-state index is 10.7. The zero-order valence-electron chi connectivity index (χ0n) is 7.28. The number of aromatic amines is 1. The average molecular weight is 201 g/mol. The summed E-state index contributed by atoms with van der Waals surface area (Å²) in [5, 5.41) is 6.13. The first-order chi connectivity index (χ1) is 6.90. The van der Waals surface area contributed by atoms with Crippen LogP contribution in [0.25, 0.3) is 17.0 Å². The molecular formula is C11H7NOS. The second-order valence-corrected chi connectivity index (χ2v) is 4.66. The van der Waals surface area contributed by atoms with Crippen LogP contribution in [0.5, 0.6) is 0 Å². The van der Waals surface area contributed by atoms with Crippen molar-refractivity contribution in [2.24, 2.45) is 0 Å². The summed E-state index contributed by atoms with van der Waals surface area (Å²) in [5.74, 6) is 0. The van der Waals surface area contributed by atoms with Crippen molar-refractivity contribution in [3.63, 3.8) is 0 Å². The minimum absolute atomic E-state index is 0.484. The molecule has 0 fully saturated rings. The Hall–Kier alpha value is -1.57. The highest BCUT2D eigenvalue weighted by Gasteiger charge is 2.15. The Kier molecular flexibility index (Phi) is 1.51. The van der Waals surface area contributed by atoms with Crippen LogP contribution >= 0.6 is 10.5 Å². The molecule has 2 heterocycles. The van der Waals surface area contributed by atoms with Crippen LogP contribution in [0.15, 0.2) is 34.7 Å². The molecule has 68 valence electrons. The monoisotopic (exact) mass is 201 g/mol. The van der Waals surface area contributed by atoms with Crippen LogP contribution in [-0.2, 0) is 4.79 Å². The lowest BCUT2D eigenvalue weighted by molar-refractivity contribution is 0.572. The van der Waals surface area contributed by atoms with Crippen LogP contribution in [0.3, 0.4) is 0 Å². The Labute approximate surface area is 83.2 Å². The van der Waals surface area contributed by atoms with Crippen LogP contribution in [-0.4, -0.2) is 10.2 Å². The molecule has 1 aromatic carbocycles. The van der Waals surface area contributed by atoms with Gasteiger partial charge >= 0.3 is 0 Å². The highest BCUT2D eigenvalue weighted by molar-refractivity contribution is 8.17. The Morgan fingerprint density at radius 3 is 3.00 bits per heavy atom. The van der Waals surface area contributed by atoms with Gasteiger partial charge in [-0.2, -0.15) is 0 Å². The second kappa shape index (κ2) is 2.71. The van der Waals surface area contributed by atoms with E-state index in [0.717, 1.165) is 16.1 Å². The molecule has 0 aliphatic carbocycles. The van der Waals surface area contributed by atoms with E-state index in [0.29, 0.717) is 0 Å². The van der Waals surface area contributed by atoms with Crippen LogP contribution in [0.1, 0.15) is 5.56 Å². The highest BCUT2D eigenvalue weighted by atomic mass is 32.2. The topological polar surface area (TPSA) is 32.9 Å². The van der Waals surface area contributed by atoms with E-state index in [-0.39, 0.29) is 0 Å². The van der Waals surface area contributed by atoms with Crippen molar-refractivity contribution in [2.45, 2.75) is 5.03 Å². The van der Waals surface area contributed by atoms with Crippen molar-refractivity contribution in [1.29, 1.82) is 0 Å². The van der Waals surface area contributed by atoms with Gasteiger partial charge in [0.15, 0.2) is 5.23 Å². The lowest BCUT2D eigenvalue weighted by atomic mass is 10.2. The SMILES string of the molecule is O=C=S1C=Cc2c1[nH]c1ccccc21. The predicted molar refractivity (Wildman–Crippen MR) is 58.9 cm³/mol. The zero-order valence-corrected chi connectivity index (χ0v) is 8.10. The lowest BCUT2D eigenvalue weighted by Crippen LogP contribution is -1.68. The largest absolute Gasteiger partial charge is 0.349 e. The van der Waals surface area contributed by atoms with Gasteiger partial charge in [-0.25, -0.2) is 4.79 Å². The summed E-state index contributed by atoms with van der Waals surface area (Å²) in [7, 11) is -0.484. The summed E-state index contributed by atoms with van der Waals surface area (Å²) in [6.07, 6.45) is 2.00. The van der Waals surface area contributed by atoms with Gasteiger partial charge in [0.2, 0.25) is 0 Å². The molecule has 3 rings (SSSR count). The summed E-state index contributed by atoms with van der Waals surface area (Å²) < 4.78 is 0. The van der Waals surface area contributed by atoms with E-state index in [9.17, 15) is 4.79 Å². The molecule has 1 N–H and O–H groups in total. The molecule has 0 radical (unpaired) electrons. The Morgan fingerprint density at radius 2 is 2.14 bits per heavy atom. The van der Waals surface area contributed by atoms with E-state index < -0.39 is 10.5 Å². The number of fused-ring (bicyclic) bond motifs is 3. The number of nitrogens with one attached hydrogen (secondary N) is 1. The summed E-state index contributed by atoms with van der Waals surface area (Å²) in [4.78, 5) is 13.9. The third-order valence-electron chi connectivity index (χ3n) is 2.39. The number of carbonyl (C=O) groups excluding carboxylic acids is 1. The zero-order chi connectivity index (χ0) is 9.54. The molecule has 0 spiro atoms. The van der Waals surface area contributed by atoms with Gasteiger partial charge in [0.05, 0.1) is 5.03 Å². The maximum absolute atomic E-state index is 10.7. The number of rotatable bonds is 0. The molecule has 2 nitrogen and oxygen atoms in total. The summed E-state index contributed by atoms with van der Waals surface area (Å²) in [5.41, 5.74) is 2.24. The van der Waals surface area contributed by atoms with Crippen molar-refractivity contribution in [3.8, 4) is 0 Å². The standard InChI is InChI=1S/C11H7NOS/c13-7-14-6-5-9-8-3-1-2-4-10(8)12-11(9)14/h1-6,12H. The smallest absolute Gasteiger partial charge is 0.166 e. The van der Waals surface area contributed by atoms with Crippen LogP contribution in [0.2, 0.25) is 0 Å². The number of para-hydroxylation sites is 1. The first-order valence-electron chi connectivity index (χ1n) is 4.30. The fourth-order valence-corrected chi connectivity index (χ4v) is 2.93. The van der Waals surface area contributed by atoms with Gasteiger partial charge in [-0.05, 0) is 28.0 Å². The molecule has 14 heavy (non-hydrogen) atoms. The van der Waals surface area contributed by atoms with Gasteiger partial charge < -0.3 is 4.98 Å². The number of hydrogen-bond donors (Lipinski definition) is 1. The normalized spacial score (nSPS) is 18.4. The maximum Gasteiger partial charge on any atom is 0.166 e. The molecular weight excluding hydrogens is 194 g/mol. The molecule has 1 aliphatic heterocycles. The number of hydrogen-bond acceptors (Lipinski definition) is 1. The van der Waals surface area contributed by atoms with Crippen molar-refractivity contribution in [1.82, 2.24) is 4.98 Å². The summed E-state index contributed by atoms with van der Waals surface area (Å²) in [6.45, 7) is 0. The van der Waals surface area contributed by atoms with E-state index in [1.807, 2.05) is 34.9 Å². The van der Waals surface area contributed by atoms with E-state index >= 15 is 0 Å². The second-order valence-electron chi connectivity index (χ2n) is 3.14. The number of H-pyrrole nitrogens is 1. The third kappa shape index (κ3) is 0.882. The predicted octanol–water partition coefficient (Wildman–Crippen LogP) is 2.85. The molecule has 1 unspecified atom stereocenters. The van der Waals surface area contributed by atoms with E-state index in [1.165, 1.54) is 5.39 Å². The van der Waals surface area contributed by atoms with Gasteiger partial charge in [-0.1, -0.05) is 18.2 Å². The molecule has 1 atom stereocenters. The quantitative estimate of drug-likeness (QED) is 0.653. The molecule has 0 bridgehead atoms. The summed E-state index contributed by atoms with van der Waals surface area (Å²) >= 11 is 0. The molecule has 0 amide bonds. The van der Waals surface area contributed by atoms with E-state index in [2.05, 4.69) is 11.1 Å². The van der Waals surface area contributed by atoms with E-state index in [4.69, 9.17) is 0 Å². The molecule has 3 heteroatoms. The molecule has 1 aromatic heterocycles. The van der Waals surface area contributed by atoms with Crippen molar-refractivity contribution < 1.29 is 4.79 Å². The number of aromatic nitrogens is 1. The average Bonchev–Trinajstić information content (AvgIpc) is 2.75. The lowest BCUT2D eigenvalue weighted by Gasteiger charge is -1.88. The van der Waals surface area contributed by atoms with Crippen LogP contribution < -0.4 is 0 Å². The first kappa shape index (κ1) is 7.80. The van der Waals surface area contributed by atoms with Crippen molar-refractivity contribution >= 4 is 32.7 Å². The Balaban J connectivity index is 2.48. The first-order valence-corrected chi connectivity index (χ1v) is 5.59. The molecule has 1 aliphatic rings. The minimum Gasteiger partial charge on any atom is -0.349 e. The summed E-state index contributed by atoms with van der Waals surface area (Å²) in [6, 6.07) is 8.08. The van der Waals surface area contributed by atoms with Crippen LogP contribution in [0, 0.1) is 0 Å². The highest BCUT2D eigenvalue weighted by Crippen LogP contribution is 2.40. The van der Waals surface area contributed by atoms with Gasteiger partial charge in [0.1, 0.15) is 0 Å². The van der Waals surface area contributed by atoms with Crippen LogP contribution in [0.4, 0.5) is 0 Å². The fourth-order valence-electron chi connectivity index (χ4n) is 1.75. The van der Waals surface area contributed by atoms with Gasteiger partial charge in [-0.15, -0.1) is 0 Å². The van der Waals surface area contributed by atoms with Gasteiger partial charge in [-0.3, -0.25) is 0 Å². The molecule has 2 aromatic rings. The third-order valence-corrected chi connectivity index (χ3v) is 3.74. The number of benzene rings is 1. The Morgan fingerprint density at radius 1 is 1.29 bits per heavy atom. The van der Waals surface area contributed by atoms with Gasteiger partial charge in [0, 0.05) is 16.5 Å². The molecule has 0 saturated carbocycles. The van der Waals surface area contributed by atoms with Crippen molar-refractivity contribution in [2.75, 3.05) is 0 Å². The van der Waals surface area contributed by atoms with E-state index in [1.54, 1.807) is 0 Å². The van der Waals surface area contributed by atoms with Crippen molar-refractivity contribution in [3.05, 3.63) is 35.2 Å². The fraction of sp³-hybridized carbons (Fsp3) is 0.